The van der Waals surface area contributed by atoms with E-state index in [1.54, 1.807) is 6.26 Å². The van der Waals surface area contributed by atoms with Gasteiger partial charge in [0.25, 0.3) is 5.91 Å². The fourth-order valence-corrected chi connectivity index (χ4v) is 6.09. The molecule has 1 aromatic heterocycles. The molecule has 0 aliphatic carbocycles. The Balaban J connectivity index is 1.43. The van der Waals surface area contributed by atoms with Gasteiger partial charge in [0, 0.05) is 19.4 Å². The molecule has 0 bridgehead atoms. The number of nitrogens with zero attached hydrogens (tertiary/aromatic N) is 3. The summed E-state index contributed by atoms with van der Waals surface area (Å²) in [6, 6.07) is 3.24. The van der Waals surface area contributed by atoms with Gasteiger partial charge < -0.3 is 9.73 Å². The number of carbonyl (C=O) groups is 2. The first-order chi connectivity index (χ1) is 14.4. The lowest BCUT2D eigenvalue weighted by Crippen LogP contribution is -2.46. The summed E-state index contributed by atoms with van der Waals surface area (Å²) >= 11 is 0. The number of amides is 2. The van der Waals surface area contributed by atoms with E-state index in [1.165, 1.54) is 11.4 Å². The van der Waals surface area contributed by atoms with E-state index in [9.17, 15) is 18.0 Å². The number of nitrogens with one attached hydrogen (secondary N) is 1. The fourth-order valence-electron chi connectivity index (χ4n) is 4.40. The highest BCUT2D eigenvalue weighted by atomic mass is 32.2. The molecule has 4 heterocycles. The molecule has 4 rings (SSSR count). The average Bonchev–Trinajstić information content (AvgIpc) is 3.39. The molecule has 3 aliphatic rings. The van der Waals surface area contributed by atoms with Crippen LogP contribution in [0.3, 0.4) is 0 Å². The molecule has 0 radical (unpaired) electrons. The van der Waals surface area contributed by atoms with Crippen molar-refractivity contribution in [3.05, 3.63) is 24.2 Å². The van der Waals surface area contributed by atoms with E-state index in [0.717, 1.165) is 31.7 Å². The monoisotopic (exact) mass is 436 g/mol. The molecule has 10 heteroatoms. The van der Waals surface area contributed by atoms with Gasteiger partial charge in [-0.05, 0) is 44.5 Å². The number of hydrogen-bond donors (Lipinski definition) is 1. The maximum atomic E-state index is 12.8. The smallest absolute Gasteiger partial charge is 0.267 e. The molecular formula is C20H28N4O5S. The van der Waals surface area contributed by atoms with Crippen LogP contribution in [0.1, 0.15) is 50.3 Å². The zero-order valence-electron chi connectivity index (χ0n) is 17.0. The van der Waals surface area contributed by atoms with E-state index in [2.05, 4.69) is 15.3 Å². The summed E-state index contributed by atoms with van der Waals surface area (Å²) < 4.78 is 29.1. The van der Waals surface area contributed by atoms with Gasteiger partial charge in [0.2, 0.25) is 5.91 Å². The molecule has 2 saturated heterocycles. The number of hydrazone groups is 1. The molecule has 2 atom stereocenters. The summed E-state index contributed by atoms with van der Waals surface area (Å²) in [5.41, 5.74) is 0.274. The standard InChI is InChI=1S/C20H28N4O5S/c25-19-7-6-16(22-24(19)15-8-12-30(27,28)14-15)20(26)21-13-17(18-5-4-11-29-18)23-9-2-1-3-10-23/h4-5,11,15,17H,1-3,6-10,12-14H2,(H,21,26)/t15-,17-/m1/s1. The van der Waals surface area contributed by atoms with Gasteiger partial charge >= 0.3 is 0 Å². The van der Waals surface area contributed by atoms with Crippen LogP contribution >= 0.6 is 0 Å². The van der Waals surface area contributed by atoms with Crippen LogP contribution in [0.4, 0.5) is 0 Å². The van der Waals surface area contributed by atoms with Gasteiger partial charge in [-0.1, -0.05) is 6.42 Å². The normalized spacial score (nSPS) is 25.7. The molecule has 0 spiro atoms. The highest BCUT2D eigenvalue weighted by Crippen LogP contribution is 2.25. The fraction of sp³-hybridized carbons (Fsp3) is 0.650. The van der Waals surface area contributed by atoms with Crippen molar-refractivity contribution < 1.29 is 22.4 Å². The van der Waals surface area contributed by atoms with Crippen LogP contribution in [-0.2, 0) is 19.4 Å². The summed E-state index contributed by atoms with van der Waals surface area (Å²) in [6.45, 7) is 2.30. The van der Waals surface area contributed by atoms with Gasteiger partial charge in [0.1, 0.15) is 11.5 Å². The zero-order valence-corrected chi connectivity index (χ0v) is 17.8. The highest BCUT2D eigenvalue weighted by molar-refractivity contribution is 7.91. The second-order valence-electron chi connectivity index (χ2n) is 8.18. The van der Waals surface area contributed by atoms with Crippen molar-refractivity contribution >= 4 is 27.4 Å². The number of rotatable bonds is 6. The number of sulfone groups is 1. The van der Waals surface area contributed by atoms with Crippen LogP contribution in [0.15, 0.2) is 27.9 Å². The summed E-state index contributed by atoms with van der Waals surface area (Å²) in [7, 11) is -3.14. The summed E-state index contributed by atoms with van der Waals surface area (Å²) in [5.74, 6) is 0.235. The summed E-state index contributed by atoms with van der Waals surface area (Å²) in [4.78, 5) is 27.4. The topological polar surface area (TPSA) is 112 Å². The molecule has 2 amide bonds. The molecule has 2 fully saturated rings. The highest BCUT2D eigenvalue weighted by Gasteiger charge is 2.37. The van der Waals surface area contributed by atoms with Crippen molar-refractivity contribution in [3.63, 3.8) is 0 Å². The number of hydrogen-bond acceptors (Lipinski definition) is 7. The van der Waals surface area contributed by atoms with Gasteiger partial charge in [-0.25, -0.2) is 13.4 Å². The Hall–Kier alpha value is -2.20. The Morgan fingerprint density at radius 2 is 2.07 bits per heavy atom. The number of piperidine rings is 1. The second kappa shape index (κ2) is 8.89. The van der Waals surface area contributed by atoms with E-state index >= 15 is 0 Å². The third kappa shape index (κ3) is 4.75. The molecule has 1 aromatic rings. The maximum Gasteiger partial charge on any atom is 0.267 e. The van der Waals surface area contributed by atoms with Crippen LogP contribution in [0.2, 0.25) is 0 Å². The number of furan rings is 1. The van der Waals surface area contributed by atoms with Crippen LogP contribution < -0.4 is 5.32 Å². The Kier molecular flexibility index (Phi) is 6.24. The first kappa shape index (κ1) is 21.0. The van der Waals surface area contributed by atoms with E-state index in [4.69, 9.17) is 4.42 Å². The molecule has 0 unspecified atom stereocenters. The quantitative estimate of drug-likeness (QED) is 0.714. The van der Waals surface area contributed by atoms with Crippen molar-refractivity contribution in [2.24, 2.45) is 5.10 Å². The largest absolute Gasteiger partial charge is 0.468 e. The Bertz CT molecular complexity index is 906. The average molecular weight is 437 g/mol. The lowest BCUT2D eigenvalue weighted by atomic mass is 10.1. The molecule has 1 N–H and O–H groups in total. The summed E-state index contributed by atoms with van der Waals surface area (Å²) in [5, 5.41) is 8.42. The van der Waals surface area contributed by atoms with Crippen molar-refractivity contribution in [1.29, 1.82) is 0 Å². The SMILES string of the molecule is O=C(NC[C@H](c1ccco1)N1CCCCC1)C1=NN([C@@H]2CCS(=O)(=O)C2)C(=O)CC1. The molecule has 0 aromatic carbocycles. The van der Waals surface area contributed by atoms with Gasteiger partial charge in [0.05, 0.1) is 29.9 Å². The predicted molar refractivity (Wildman–Crippen MR) is 110 cm³/mol. The Morgan fingerprint density at radius 1 is 1.27 bits per heavy atom. The van der Waals surface area contributed by atoms with Crippen LogP contribution in [0, 0.1) is 0 Å². The number of likely N-dealkylation sites (tertiary alicyclic amines) is 1. The van der Waals surface area contributed by atoms with Crippen LogP contribution in [0.5, 0.6) is 0 Å². The van der Waals surface area contributed by atoms with Crippen molar-refractivity contribution in [1.82, 2.24) is 15.2 Å². The molecule has 164 valence electrons. The first-order valence-corrected chi connectivity index (χ1v) is 12.4. The third-order valence-electron chi connectivity index (χ3n) is 6.04. The van der Waals surface area contributed by atoms with Crippen LogP contribution in [0.25, 0.3) is 0 Å². The molecule has 9 nitrogen and oxygen atoms in total. The van der Waals surface area contributed by atoms with Crippen LogP contribution in [-0.4, -0.2) is 73.0 Å². The lowest BCUT2D eigenvalue weighted by Gasteiger charge is -2.33. The molecule has 3 aliphatic heterocycles. The van der Waals surface area contributed by atoms with Gasteiger partial charge in [-0.2, -0.15) is 5.10 Å². The second-order valence-corrected chi connectivity index (χ2v) is 10.4. The van der Waals surface area contributed by atoms with Gasteiger partial charge in [-0.3, -0.25) is 14.5 Å². The van der Waals surface area contributed by atoms with E-state index in [-0.39, 0.29) is 47.9 Å². The Labute approximate surface area is 176 Å². The molecule has 0 saturated carbocycles. The summed E-state index contributed by atoms with van der Waals surface area (Å²) in [6.07, 6.45) is 5.89. The molecular weight excluding hydrogens is 408 g/mol. The maximum absolute atomic E-state index is 12.8. The van der Waals surface area contributed by atoms with E-state index in [1.807, 2.05) is 12.1 Å². The Morgan fingerprint density at radius 3 is 2.73 bits per heavy atom. The van der Waals surface area contributed by atoms with E-state index in [0.29, 0.717) is 13.0 Å². The minimum absolute atomic E-state index is 0.0499. The number of carbonyl (C=O) groups excluding carboxylic acids is 2. The van der Waals surface area contributed by atoms with Crippen molar-refractivity contribution in [2.45, 2.75) is 50.6 Å². The van der Waals surface area contributed by atoms with Crippen molar-refractivity contribution in [3.8, 4) is 0 Å². The van der Waals surface area contributed by atoms with Gasteiger partial charge in [-0.15, -0.1) is 0 Å². The predicted octanol–water partition coefficient (Wildman–Crippen LogP) is 1.09. The first-order valence-electron chi connectivity index (χ1n) is 10.6. The van der Waals surface area contributed by atoms with Gasteiger partial charge in [0.15, 0.2) is 9.84 Å². The third-order valence-corrected chi connectivity index (χ3v) is 7.79. The molecule has 30 heavy (non-hydrogen) atoms. The lowest BCUT2D eigenvalue weighted by molar-refractivity contribution is -0.133. The zero-order chi connectivity index (χ0) is 21.1. The van der Waals surface area contributed by atoms with Crippen molar-refractivity contribution in [2.75, 3.05) is 31.1 Å². The minimum atomic E-state index is -3.14. The minimum Gasteiger partial charge on any atom is -0.468 e. The van der Waals surface area contributed by atoms with E-state index < -0.39 is 15.9 Å².